The summed E-state index contributed by atoms with van der Waals surface area (Å²) in [5, 5.41) is 10.7. The minimum absolute atomic E-state index is 0.154. The average Bonchev–Trinajstić information content (AvgIpc) is 2.55. The van der Waals surface area contributed by atoms with Gasteiger partial charge in [-0.15, -0.1) is 0 Å². The fourth-order valence-electron chi connectivity index (χ4n) is 2.46. The smallest absolute Gasteiger partial charge is 0.303 e. The van der Waals surface area contributed by atoms with E-state index in [1.54, 1.807) is 0 Å². The molecule has 1 N–H and O–H groups in total. The molecule has 1 aromatic heterocycles. The zero-order valence-corrected chi connectivity index (χ0v) is 11.5. The molecule has 0 aliphatic heterocycles. The van der Waals surface area contributed by atoms with Gasteiger partial charge in [-0.25, -0.2) is 0 Å². The van der Waals surface area contributed by atoms with Gasteiger partial charge in [0.15, 0.2) is 0 Å². The van der Waals surface area contributed by atoms with Crippen molar-refractivity contribution in [1.82, 2.24) is 4.57 Å². The number of hydrogen-bond donors (Lipinski definition) is 1. The van der Waals surface area contributed by atoms with E-state index in [0.717, 1.165) is 32.7 Å². The molecule has 0 aliphatic rings. The number of aliphatic carboxylic acids is 1. The lowest BCUT2D eigenvalue weighted by molar-refractivity contribution is -0.136. The van der Waals surface area contributed by atoms with E-state index in [1.165, 1.54) is 0 Å². The Bertz CT molecular complexity index is 628. The van der Waals surface area contributed by atoms with Crippen LogP contribution in [0.1, 0.15) is 23.2 Å². The van der Waals surface area contributed by atoms with Crippen LogP contribution in [-0.4, -0.2) is 15.6 Å². The molecule has 0 saturated heterocycles. The summed E-state index contributed by atoms with van der Waals surface area (Å²) in [4.78, 5) is 10.7. The number of aromatic nitrogens is 1. The minimum atomic E-state index is -0.767. The molecule has 18 heavy (non-hydrogen) atoms. The van der Waals surface area contributed by atoms with E-state index in [0.29, 0.717) is 6.42 Å². The van der Waals surface area contributed by atoms with Crippen LogP contribution in [-0.2, 0) is 18.3 Å². The molecular weight excluding hydrogens is 250 g/mol. The molecule has 3 nitrogen and oxygen atoms in total. The van der Waals surface area contributed by atoms with Gasteiger partial charge in [-0.05, 0) is 37.5 Å². The first kappa shape index (κ1) is 13.0. The second kappa shape index (κ2) is 4.65. The summed E-state index contributed by atoms with van der Waals surface area (Å²) in [5.74, 6) is -0.767. The van der Waals surface area contributed by atoms with Crippen LogP contribution in [0.2, 0.25) is 5.02 Å². The van der Waals surface area contributed by atoms with Crippen molar-refractivity contribution < 1.29 is 9.90 Å². The maximum absolute atomic E-state index is 10.7. The van der Waals surface area contributed by atoms with Crippen molar-refractivity contribution in [3.63, 3.8) is 0 Å². The van der Waals surface area contributed by atoms with E-state index in [9.17, 15) is 4.79 Å². The number of hydrogen-bond acceptors (Lipinski definition) is 1. The molecule has 0 unspecified atom stereocenters. The van der Waals surface area contributed by atoms with Crippen molar-refractivity contribution >= 4 is 28.5 Å². The highest BCUT2D eigenvalue weighted by atomic mass is 35.5. The van der Waals surface area contributed by atoms with Crippen molar-refractivity contribution in [3.8, 4) is 0 Å². The van der Waals surface area contributed by atoms with Crippen molar-refractivity contribution in [2.45, 2.75) is 26.7 Å². The molecule has 2 aromatic rings. The van der Waals surface area contributed by atoms with Crippen LogP contribution in [0.3, 0.4) is 0 Å². The number of nitrogens with zero attached hydrogens (tertiary/aromatic N) is 1. The molecule has 0 saturated carbocycles. The molecule has 96 valence electrons. The summed E-state index contributed by atoms with van der Waals surface area (Å²) in [6.07, 6.45) is 0.710. The lowest BCUT2D eigenvalue weighted by atomic mass is 10.0. The Morgan fingerprint density at radius 1 is 1.39 bits per heavy atom. The number of fused-ring (bicyclic) bond motifs is 1. The molecule has 0 atom stereocenters. The van der Waals surface area contributed by atoms with E-state index >= 15 is 0 Å². The van der Waals surface area contributed by atoms with Crippen LogP contribution in [0.25, 0.3) is 10.9 Å². The van der Waals surface area contributed by atoms with Crippen LogP contribution in [0.4, 0.5) is 0 Å². The Morgan fingerprint density at radius 2 is 2.06 bits per heavy atom. The summed E-state index contributed by atoms with van der Waals surface area (Å²) >= 11 is 6.14. The first-order valence-corrected chi connectivity index (χ1v) is 6.26. The van der Waals surface area contributed by atoms with Gasteiger partial charge in [0, 0.05) is 29.6 Å². The van der Waals surface area contributed by atoms with Crippen molar-refractivity contribution in [2.75, 3.05) is 0 Å². The second-order valence-corrected chi connectivity index (χ2v) is 4.99. The Kier molecular flexibility index (Phi) is 3.35. The summed E-state index contributed by atoms with van der Waals surface area (Å²) in [7, 11) is 1.99. The Labute approximate surface area is 111 Å². The summed E-state index contributed by atoms with van der Waals surface area (Å²) in [5.41, 5.74) is 4.35. The van der Waals surface area contributed by atoms with Gasteiger partial charge in [0.2, 0.25) is 0 Å². The van der Waals surface area contributed by atoms with Crippen molar-refractivity contribution in [3.05, 3.63) is 34.0 Å². The average molecular weight is 266 g/mol. The quantitative estimate of drug-likeness (QED) is 0.923. The van der Waals surface area contributed by atoms with Crippen molar-refractivity contribution in [1.29, 1.82) is 0 Å². The molecule has 0 bridgehead atoms. The molecule has 4 heteroatoms. The molecule has 0 spiro atoms. The van der Waals surface area contributed by atoms with E-state index in [2.05, 4.69) is 4.57 Å². The summed E-state index contributed by atoms with van der Waals surface area (Å²) in [6, 6.07) is 3.86. The molecule has 2 rings (SSSR count). The highest BCUT2D eigenvalue weighted by Gasteiger charge is 2.15. The van der Waals surface area contributed by atoms with Crippen LogP contribution in [0, 0.1) is 13.8 Å². The Hall–Kier alpha value is -1.48. The first-order valence-electron chi connectivity index (χ1n) is 5.88. The number of carboxylic acids is 1. The second-order valence-electron chi connectivity index (χ2n) is 4.59. The molecular formula is C14H16ClNO2. The lowest BCUT2D eigenvalue weighted by Gasteiger charge is -2.03. The Balaban J connectivity index is 2.64. The van der Waals surface area contributed by atoms with E-state index in [4.69, 9.17) is 16.7 Å². The largest absolute Gasteiger partial charge is 0.481 e. The number of carboxylic acid groups (broad SMARTS) is 1. The zero-order chi connectivity index (χ0) is 13.4. The molecule has 0 radical (unpaired) electrons. The van der Waals surface area contributed by atoms with Gasteiger partial charge >= 0.3 is 5.97 Å². The number of halogens is 1. The molecule has 0 fully saturated rings. The van der Waals surface area contributed by atoms with Gasteiger partial charge in [0.1, 0.15) is 0 Å². The predicted molar refractivity (Wildman–Crippen MR) is 73.4 cm³/mol. The van der Waals surface area contributed by atoms with Gasteiger partial charge in [-0.3, -0.25) is 4.79 Å². The fraction of sp³-hybridized carbons (Fsp3) is 0.357. The number of carbonyl (C=O) groups is 1. The molecule has 1 heterocycles. The van der Waals surface area contributed by atoms with Crippen LogP contribution in [0.15, 0.2) is 12.1 Å². The maximum Gasteiger partial charge on any atom is 0.303 e. The van der Waals surface area contributed by atoms with Crippen LogP contribution in [0.5, 0.6) is 0 Å². The van der Waals surface area contributed by atoms with Gasteiger partial charge < -0.3 is 9.67 Å². The van der Waals surface area contributed by atoms with E-state index in [-0.39, 0.29) is 6.42 Å². The number of benzene rings is 1. The minimum Gasteiger partial charge on any atom is -0.481 e. The topological polar surface area (TPSA) is 42.2 Å². The third-order valence-electron chi connectivity index (χ3n) is 3.55. The lowest BCUT2D eigenvalue weighted by Crippen LogP contribution is -1.99. The van der Waals surface area contributed by atoms with Crippen molar-refractivity contribution in [2.24, 2.45) is 7.05 Å². The normalized spacial score (nSPS) is 11.1. The predicted octanol–water partition coefficient (Wildman–Crippen LogP) is 3.47. The van der Waals surface area contributed by atoms with E-state index in [1.807, 2.05) is 33.0 Å². The number of aryl methyl sites for hydroxylation is 3. The summed E-state index contributed by atoms with van der Waals surface area (Å²) < 4.78 is 2.09. The van der Waals surface area contributed by atoms with Gasteiger partial charge in [-0.2, -0.15) is 0 Å². The highest BCUT2D eigenvalue weighted by molar-refractivity contribution is 6.32. The summed E-state index contributed by atoms with van der Waals surface area (Å²) in [6.45, 7) is 4.01. The van der Waals surface area contributed by atoms with Crippen LogP contribution >= 0.6 is 11.6 Å². The first-order chi connectivity index (χ1) is 8.43. The zero-order valence-electron chi connectivity index (χ0n) is 10.7. The van der Waals surface area contributed by atoms with Gasteiger partial charge in [0.05, 0.1) is 5.52 Å². The third kappa shape index (κ3) is 1.99. The molecule has 0 amide bonds. The third-order valence-corrected chi connectivity index (χ3v) is 3.96. The maximum atomic E-state index is 10.7. The monoisotopic (exact) mass is 265 g/mol. The highest BCUT2D eigenvalue weighted by Crippen LogP contribution is 2.31. The molecule has 1 aromatic carbocycles. The fourth-order valence-corrected chi connectivity index (χ4v) is 2.62. The van der Waals surface area contributed by atoms with E-state index < -0.39 is 5.97 Å². The Morgan fingerprint density at radius 3 is 2.67 bits per heavy atom. The number of rotatable bonds is 3. The van der Waals surface area contributed by atoms with Gasteiger partial charge in [-0.1, -0.05) is 17.7 Å². The van der Waals surface area contributed by atoms with Gasteiger partial charge in [0.25, 0.3) is 0 Å². The molecule has 0 aliphatic carbocycles. The standard InChI is InChI=1S/C14H16ClNO2/c1-8-12(15)6-4-11-10(5-7-13(17)18)9(2)16(3)14(8)11/h4,6H,5,7H2,1-3H3,(H,17,18). The SMILES string of the molecule is Cc1c(Cl)ccc2c(CCC(=O)O)c(C)n(C)c12. The van der Waals surface area contributed by atoms with Crippen LogP contribution < -0.4 is 0 Å².